The Kier molecular flexibility index (Phi) is 3.69. The van der Waals surface area contributed by atoms with E-state index in [1.165, 1.54) is 12.8 Å². The van der Waals surface area contributed by atoms with Crippen molar-refractivity contribution < 1.29 is 14.3 Å². The molecule has 2 aliphatic heterocycles. The van der Waals surface area contributed by atoms with Gasteiger partial charge >= 0.3 is 0 Å². The van der Waals surface area contributed by atoms with Crippen LogP contribution in [0, 0.1) is 0 Å². The number of fused-ring (bicyclic) bond motifs is 1. The third kappa shape index (κ3) is 2.73. The second-order valence-electron chi connectivity index (χ2n) is 5.05. The van der Waals surface area contributed by atoms with Gasteiger partial charge in [-0.05, 0) is 38.1 Å². The van der Waals surface area contributed by atoms with Crippen molar-refractivity contribution in [2.75, 3.05) is 32.8 Å². The Labute approximate surface area is 113 Å². The smallest absolute Gasteiger partial charge is 0.173 e. The fourth-order valence-electron chi connectivity index (χ4n) is 2.70. The van der Waals surface area contributed by atoms with E-state index in [4.69, 9.17) is 9.47 Å². The molecule has 102 valence electrons. The molecule has 4 nitrogen and oxygen atoms in total. The van der Waals surface area contributed by atoms with E-state index in [1.54, 1.807) is 0 Å². The first-order chi connectivity index (χ1) is 9.34. The van der Waals surface area contributed by atoms with Gasteiger partial charge in [0.25, 0.3) is 0 Å². The third-order valence-electron chi connectivity index (χ3n) is 3.72. The standard InChI is InChI=1S/C15H19NO3/c17-12-6-10-18-13-4-3-5-14(15(12)13)19-11-9-16-7-1-2-8-16/h3-5H,1-2,6-11H2. The van der Waals surface area contributed by atoms with Gasteiger partial charge < -0.3 is 9.47 Å². The van der Waals surface area contributed by atoms with Gasteiger partial charge in [-0.1, -0.05) is 6.07 Å². The molecule has 4 heteroatoms. The number of benzene rings is 1. The summed E-state index contributed by atoms with van der Waals surface area (Å²) >= 11 is 0. The van der Waals surface area contributed by atoms with Crippen molar-refractivity contribution >= 4 is 5.78 Å². The fourth-order valence-corrected chi connectivity index (χ4v) is 2.70. The number of ether oxygens (including phenoxy) is 2. The average Bonchev–Trinajstić information content (AvgIpc) is 2.92. The topological polar surface area (TPSA) is 38.8 Å². The molecular weight excluding hydrogens is 242 g/mol. The zero-order valence-corrected chi connectivity index (χ0v) is 11.1. The largest absolute Gasteiger partial charge is 0.492 e. The molecule has 0 spiro atoms. The quantitative estimate of drug-likeness (QED) is 0.832. The van der Waals surface area contributed by atoms with Gasteiger partial charge in [-0.2, -0.15) is 0 Å². The lowest BCUT2D eigenvalue weighted by Crippen LogP contribution is -2.25. The summed E-state index contributed by atoms with van der Waals surface area (Å²) in [7, 11) is 0. The highest BCUT2D eigenvalue weighted by molar-refractivity contribution is 6.02. The molecular formula is C15H19NO3. The average molecular weight is 261 g/mol. The first kappa shape index (κ1) is 12.5. The molecule has 0 aromatic heterocycles. The number of ketones is 1. The molecule has 3 rings (SSSR count). The second kappa shape index (κ2) is 5.61. The lowest BCUT2D eigenvalue weighted by molar-refractivity contribution is 0.0927. The number of hydrogen-bond acceptors (Lipinski definition) is 4. The normalized spacial score (nSPS) is 19.1. The van der Waals surface area contributed by atoms with Gasteiger partial charge in [0.1, 0.15) is 23.7 Å². The molecule has 0 amide bonds. The van der Waals surface area contributed by atoms with Crippen LogP contribution < -0.4 is 9.47 Å². The van der Waals surface area contributed by atoms with Gasteiger partial charge in [-0.3, -0.25) is 9.69 Å². The van der Waals surface area contributed by atoms with Crippen molar-refractivity contribution in [3.05, 3.63) is 23.8 Å². The summed E-state index contributed by atoms with van der Waals surface area (Å²) < 4.78 is 11.3. The van der Waals surface area contributed by atoms with Gasteiger partial charge in [0.05, 0.1) is 6.61 Å². The minimum absolute atomic E-state index is 0.123. The van der Waals surface area contributed by atoms with E-state index in [1.807, 2.05) is 18.2 Å². The van der Waals surface area contributed by atoms with E-state index in [2.05, 4.69) is 4.90 Å². The Hall–Kier alpha value is -1.55. The Morgan fingerprint density at radius 2 is 2.11 bits per heavy atom. The predicted octanol–water partition coefficient (Wildman–Crippen LogP) is 2.13. The summed E-state index contributed by atoms with van der Waals surface area (Å²) in [6.07, 6.45) is 3.01. The molecule has 1 aromatic carbocycles. The number of carbonyl (C=O) groups is 1. The fraction of sp³-hybridized carbons (Fsp3) is 0.533. The SMILES string of the molecule is O=C1CCOc2cccc(OCCN3CCCC3)c21. The van der Waals surface area contributed by atoms with Gasteiger partial charge in [0.15, 0.2) is 5.78 Å². The molecule has 0 atom stereocenters. The van der Waals surface area contributed by atoms with Crippen LogP contribution in [-0.2, 0) is 0 Å². The summed E-state index contributed by atoms with van der Waals surface area (Å²) in [4.78, 5) is 14.4. The number of Topliss-reactive ketones (excluding diaryl/α,β-unsaturated/α-hetero) is 1. The molecule has 0 bridgehead atoms. The van der Waals surface area contributed by atoms with Crippen LogP contribution >= 0.6 is 0 Å². The van der Waals surface area contributed by atoms with Crippen LogP contribution in [0.2, 0.25) is 0 Å². The van der Waals surface area contributed by atoms with E-state index in [-0.39, 0.29) is 5.78 Å². The summed E-state index contributed by atoms with van der Waals surface area (Å²) in [5, 5.41) is 0. The van der Waals surface area contributed by atoms with Gasteiger partial charge in [-0.15, -0.1) is 0 Å². The molecule has 0 aliphatic carbocycles. The van der Waals surface area contributed by atoms with Crippen molar-refractivity contribution in [1.29, 1.82) is 0 Å². The molecule has 0 unspecified atom stereocenters. The number of carbonyl (C=O) groups excluding carboxylic acids is 1. The summed E-state index contributed by atoms with van der Waals surface area (Å²) in [5.74, 6) is 1.45. The first-order valence-corrected chi connectivity index (χ1v) is 6.99. The number of rotatable bonds is 4. The van der Waals surface area contributed by atoms with Crippen LogP contribution in [0.3, 0.4) is 0 Å². The highest BCUT2D eigenvalue weighted by Gasteiger charge is 2.23. The van der Waals surface area contributed by atoms with Crippen LogP contribution in [0.1, 0.15) is 29.6 Å². The predicted molar refractivity (Wildman–Crippen MR) is 72.1 cm³/mol. The zero-order valence-electron chi connectivity index (χ0n) is 11.1. The highest BCUT2D eigenvalue weighted by atomic mass is 16.5. The molecule has 0 saturated carbocycles. The Bertz CT molecular complexity index is 466. The van der Waals surface area contributed by atoms with Crippen LogP contribution in [0.5, 0.6) is 11.5 Å². The molecule has 2 aliphatic rings. The van der Waals surface area contributed by atoms with E-state index < -0.39 is 0 Å². The van der Waals surface area contributed by atoms with Crippen molar-refractivity contribution in [2.45, 2.75) is 19.3 Å². The first-order valence-electron chi connectivity index (χ1n) is 6.99. The summed E-state index contributed by atoms with van der Waals surface area (Å²) in [6, 6.07) is 5.57. The van der Waals surface area contributed by atoms with Crippen molar-refractivity contribution in [3.8, 4) is 11.5 Å². The lowest BCUT2D eigenvalue weighted by Gasteiger charge is -2.20. The molecule has 1 saturated heterocycles. The Morgan fingerprint density at radius 3 is 2.95 bits per heavy atom. The summed E-state index contributed by atoms with van der Waals surface area (Å²) in [5.41, 5.74) is 0.621. The minimum Gasteiger partial charge on any atom is -0.492 e. The maximum atomic E-state index is 12.0. The molecule has 1 aromatic rings. The van der Waals surface area contributed by atoms with Crippen LogP contribution in [0.25, 0.3) is 0 Å². The van der Waals surface area contributed by atoms with Crippen LogP contribution in [-0.4, -0.2) is 43.5 Å². The lowest BCUT2D eigenvalue weighted by atomic mass is 10.0. The van der Waals surface area contributed by atoms with Crippen molar-refractivity contribution in [2.24, 2.45) is 0 Å². The number of hydrogen-bond donors (Lipinski definition) is 0. The van der Waals surface area contributed by atoms with E-state index in [0.717, 1.165) is 19.6 Å². The van der Waals surface area contributed by atoms with Gasteiger partial charge in [0.2, 0.25) is 0 Å². The minimum atomic E-state index is 0.123. The second-order valence-corrected chi connectivity index (χ2v) is 5.05. The number of likely N-dealkylation sites (tertiary alicyclic amines) is 1. The maximum absolute atomic E-state index is 12.0. The van der Waals surface area contributed by atoms with E-state index in [0.29, 0.717) is 36.7 Å². The third-order valence-corrected chi connectivity index (χ3v) is 3.72. The van der Waals surface area contributed by atoms with Crippen molar-refractivity contribution in [1.82, 2.24) is 4.90 Å². The van der Waals surface area contributed by atoms with Gasteiger partial charge in [-0.25, -0.2) is 0 Å². The molecule has 0 N–H and O–H groups in total. The van der Waals surface area contributed by atoms with E-state index in [9.17, 15) is 4.79 Å². The molecule has 2 heterocycles. The van der Waals surface area contributed by atoms with E-state index >= 15 is 0 Å². The van der Waals surface area contributed by atoms with Gasteiger partial charge in [0, 0.05) is 13.0 Å². The van der Waals surface area contributed by atoms with Crippen LogP contribution in [0.15, 0.2) is 18.2 Å². The Morgan fingerprint density at radius 1 is 1.26 bits per heavy atom. The monoisotopic (exact) mass is 261 g/mol. The summed E-state index contributed by atoms with van der Waals surface area (Å²) in [6.45, 7) is 4.36. The van der Waals surface area contributed by atoms with Crippen molar-refractivity contribution in [3.63, 3.8) is 0 Å². The molecule has 0 radical (unpaired) electrons. The zero-order chi connectivity index (χ0) is 13.1. The molecule has 1 fully saturated rings. The maximum Gasteiger partial charge on any atom is 0.173 e. The number of nitrogens with zero attached hydrogens (tertiary/aromatic N) is 1. The highest BCUT2D eigenvalue weighted by Crippen LogP contribution is 2.32. The Balaban J connectivity index is 1.65. The van der Waals surface area contributed by atoms with Crippen LogP contribution in [0.4, 0.5) is 0 Å². The molecule has 19 heavy (non-hydrogen) atoms.